The Balaban J connectivity index is 0. The number of rotatable bonds is 15. The van der Waals surface area contributed by atoms with Crippen molar-refractivity contribution in [3.05, 3.63) is 0 Å². The van der Waals surface area contributed by atoms with E-state index in [0.29, 0.717) is 0 Å². The molecule has 0 aliphatic heterocycles. The van der Waals surface area contributed by atoms with Gasteiger partial charge in [-0.3, -0.25) is 0 Å². The van der Waals surface area contributed by atoms with Crippen molar-refractivity contribution in [1.82, 2.24) is 0 Å². The summed E-state index contributed by atoms with van der Waals surface area (Å²) >= 11 is 0. The fraction of sp³-hybridized carbons (Fsp3) is 1.00. The van der Waals surface area contributed by atoms with Gasteiger partial charge in [-0.15, -0.1) is 0 Å². The van der Waals surface area contributed by atoms with Gasteiger partial charge in [0.15, 0.2) is 0 Å². The Hall–Kier alpha value is -0.926. The quantitative estimate of drug-likeness (QED) is 0.140. The molecule has 0 rings (SSSR count). The zero-order valence-corrected chi connectivity index (χ0v) is 23.8. The van der Waals surface area contributed by atoms with Gasteiger partial charge in [-0.2, -0.15) is 70.2 Å². The topological polar surface area (TPSA) is 55.4 Å². The molecule has 0 aromatic heterocycles. The Kier molecular flexibility index (Phi) is 14.7. The highest BCUT2D eigenvalue weighted by atomic mass is 28.4. The maximum absolute atomic E-state index is 13.3. The van der Waals surface area contributed by atoms with Crippen LogP contribution >= 0.6 is 0 Å². The molecule has 0 amide bonds. The van der Waals surface area contributed by atoms with Crippen molar-refractivity contribution in [2.75, 3.05) is 42.7 Å². The van der Waals surface area contributed by atoms with E-state index in [9.17, 15) is 70.2 Å². The summed E-state index contributed by atoms with van der Waals surface area (Å²) in [5, 5.41) is 0. The van der Waals surface area contributed by atoms with Crippen LogP contribution < -0.4 is 0 Å². The average Bonchev–Trinajstić information content (AvgIpc) is 2.85. The van der Waals surface area contributed by atoms with Gasteiger partial charge in [0.2, 0.25) is 0 Å². The fourth-order valence-electron chi connectivity index (χ4n) is 2.66. The molecule has 0 aromatic rings. The summed E-state index contributed by atoms with van der Waals surface area (Å²) in [6.07, 6.45) is -17.0. The number of halogens is 16. The summed E-state index contributed by atoms with van der Waals surface area (Å²) in [5.74, 6) is -30.6. The van der Waals surface area contributed by atoms with Crippen molar-refractivity contribution >= 4 is 17.6 Å². The van der Waals surface area contributed by atoms with E-state index < -0.39 is 84.5 Å². The normalized spacial score (nSPS) is 15.1. The van der Waals surface area contributed by atoms with Crippen LogP contribution in [0.3, 0.4) is 0 Å². The average molecular weight is 687 g/mol. The van der Waals surface area contributed by atoms with E-state index >= 15 is 0 Å². The summed E-state index contributed by atoms with van der Waals surface area (Å²) in [5.41, 5.74) is 0. The van der Waals surface area contributed by atoms with Crippen LogP contribution in [0.2, 0.25) is 12.1 Å². The van der Waals surface area contributed by atoms with Crippen LogP contribution in [0.4, 0.5) is 70.2 Å². The molecular formula is C17H26F16O6Si2. The van der Waals surface area contributed by atoms with Crippen LogP contribution in [0.25, 0.3) is 0 Å². The summed E-state index contributed by atoms with van der Waals surface area (Å²) < 4.78 is 228. The van der Waals surface area contributed by atoms with Crippen LogP contribution in [0, 0.1) is 0 Å². The van der Waals surface area contributed by atoms with E-state index in [1.165, 1.54) is 0 Å². The first kappa shape index (κ1) is 42.2. The molecule has 250 valence electrons. The molecule has 24 heteroatoms. The lowest BCUT2D eigenvalue weighted by Gasteiger charge is -2.34. The van der Waals surface area contributed by atoms with Gasteiger partial charge in [0.1, 0.15) is 0 Å². The van der Waals surface area contributed by atoms with E-state index in [1.807, 2.05) is 0 Å². The third kappa shape index (κ3) is 9.28. The molecule has 0 unspecified atom stereocenters. The Bertz CT molecular complexity index is 769. The third-order valence-corrected chi connectivity index (χ3v) is 10.8. The predicted molar refractivity (Wildman–Crippen MR) is 109 cm³/mol. The summed E-state index contributed by atoms with van der Waals surface area (Å²) in [7, 11) is -1.62. The van der Waals surface area contributed by atoms with Crippen LogP contribution in [0.15, 0.2) is 0 Å². The standard InChI is InChI=1S/C9H13F9O3Si.C8H13F7O3Si/c1-19-22(20-2,21-3)5-4-6(10,11)7(12,13)8(14,15)9(16,17)18;1-16-19(17-2,18-3)5-4-6(9,10)7(11,12)8(13,14)15/h4-5H2,1-3H3;4-5H2,1-3H3. The Labute approximate surface area is 224 Å². The van der Waals surface area contributed by atoms with Gasteiger partial charge >= 0.3 is 59.6 Å². The number of hydrogen-bond donors (Lipinski definition) is 0. The second kappa shape index (κ2) is 14.2. The van der Waals surface area contributed by atoms with Crippen molar-refractivity contribution in [3.63, 3.8) is 0 Å². The van der Waals surface area contributed by atoms with Crippen LogP contribution in [-0.2, 0) is 26.6 Å². The third-order valence-electron chi connectivity index (χ3n) is 5.38. The summed E-state index contributed by atoms with van der Waals surface area (Å²) in [4.78, 5) is 0. The Morgan fingerprint density at radius 2 is 0.585 bits per heavy atom. The van der Waals surface area contributed by atoms with Crippen molar-refractivity contribution in [1.29, 1.82) is 0 Å². The smallest absolute Gasteiger partial charge is 0.377 e. The molecule has 0 heterocycles. The highest BCUT2D eigenvalue weighted by Gasteiger charge is 2.81. The van der Waals surface area contributed by atoms with Gasteiger partial charge in [-0.25, -0.2) is 0 Å². The minimum absolute atomic E-state index is 0.880. The van der Waals surface area contributed by atoms with E-state index in [4.69, 9.17) is 0 Å². The highest BCUT2D eigenvalue weighted by Crippen LogP contribution is 2.54. The van der Waals surface area contributed by atoms with Crippen molar-refractivity contribution < 1.29 is 96.8 Å². The lowest BCUT2D eigenvalue weighted by atomic mass is 10.0. The number of hydrogen-bond acceptors (Lipinski definition) is 6. The van der Waals surface area contributed by atoms with Crippen LogP contribution in [0.5, 0.6) is 0 Å². The summed E-state index contributed by atoms with van der Waals surface area (Å²) in [6.45, 7) is 0. The zero-order valence-electron chi connectivity index (χ0n) is 21.8. The van der Waals surface area contributed by atoms with Crippen LogP contribution in [0.1, 0.15) is 12.8 Å². The zero-order chi connectivity index (χ0) is 33.6. The number of alkyl halides is 16. The lowest BCUT2D eigenvalue weighted by molar-refractivity contribution is -0.396. The molecule has 0 N–H and O–H groups in total. The predicted octanol–water partition coefficient (Wildman–Crippen LogP) is 6.81. The molecule has 0 atom stereocenters. The highest BCUT2D eigenvalue weighted by molar-refractivity contribution is 6.60. The van der Waals surface area contributed by atoms with E-state index in [0.717, 1.165) is 42.7 Å². The fourth-order valence-corrected chi connectivity index (χ4v) is 6.13. The Morgan fingerprint density at radius 1 is 0.366 bits per heavy atom. The molecule has 0 aromatic carbocycles. The second-order valence-electron chi connectivity index (χ2n) is 7.72. The van der Waals surface area contributed by atoms with E-state index in [2.05, 4.69) is 26.6 Å². The van der Waals surface area contributed by atoms with E-state index in [1.54, 1.807) is 0 Å². The monoisotopic (exact) mass is 686 g/mol. The maximum atomic E-state index is 13.3. The minimum Gasteiger partial charge on any atom is -0.377 e. The molecule has 0 saturated heterocycles. The van der Waals surface area contributed by atoms with Crippen molar-refractivity contribution in [2.45, 2.75) is 66.9 Å². The molecule has 6 nitrogen and oxygen atoms in total. The SMILES string of the molecule is CO[Si](CCC(F)(F)C(F)(F)C(F)(F)C(F)(F)F)(OC)OC.CO[Si](CCC(F)(F)C(F)(F)C(F)(F)F)(OC)OC. The van der Waals surface area contributed by atoms with Crippen molar-refractivity contribution in [2.24, 2.45) is 0 Å². The van der Waals surface area contributed by atoms with E-state index in [-0.39, 0.29) is 0 Å². The maximum Gasteiger partial charge on any atom is 0.500 e. The first-order valence-corrected chi connectivity index (χ1v) is 14.2. The molecule has 0 spiro atoms. The van der Waals surface area contributed by atoms with Gasteiger partial charge in [0, 0.05) is 67.6 Å². The molecule has 0 aliphatic carbocycles. The van der Waals surface area contributed by atoms with Crippen molar-refractivity contribution in [3.8, 4) is 0 Å². The molecular weight excluding hydrogens is 660 g/mol. The Morgan fingerprint density at radius 3 is 0.780 bits per heavy atom. The minimum atomic E-state index is -6.90. The summed E-state index contributed by atoms with van der Waals surface area (Å²) in [6, 6.07) is -1.97. The molecule has 0 fully saturated rings. The molecule has 41 heavy (non-hydrogen) atoms. The molecule has 0 radical (unpaired) electrons. The first-order valence-electron chi connectivity index (χ1n) is 10.4. The molecule has 0 aliphatic rings. The first-order chi connectivity index (χ1) is 18.0. The van der Waals surface area contributed by atoms with Gasteiger partial charge in [0.25, 0.3) is 0 Å². The van der Waals surface area contributed by atoms with Gasteiger partial charge in [-0.05, 0) is 0 Å². The molecule has 0 bridgehead atoms. The second-order valence-corrected chi connectivity index (χ2v) is 13.9. The molecule has 0 saturated carbocycles. The van der Waals surface area contributed by atoms with Crippen LogP contribution in [-0.4, -0.2) is 102 Å². The van der Waals surface area contributed by atoms with Gasteiger partial charge in [0.05, 0.1) is 0 Å². The largest absolute Gasteiger partial charge is 0.500 e. The van der Waals surface area contributed by atoms with Gasteiger partial charge < -0.3 is 26.6 Å². The van der Waals surface area contributed by atoms with Gasteiger partial charge in [-0.1, -0.05) is 0 Å². The lowest BCUT2D eigenvalue weighted by Crippen LogP contribution is -2.61.